The van der Waals surface area contributed by atoms with Crippen LogP contribution in [0.15, 0.2) is 12.1 Å². The average molecular weight is 322 g/mol. The molecule has 0 N–H and O–H groups in total. The molecule has 0 bridgehead atoms. The van der Waals surface area contributed by atoms with Crippen molar-refractivity contribution in [3.63, 3.8) is 0 Å². The predicted octanol–water partition coefficient (Wildman–Crippen LogP) is 4.01. The Morgan fingerprint density at radius 2 is 1.40 bits per heavy atom. The van der Waals surface area contributed by atoms with E-state index >= 15 is 0 Å². The number of nitro groups is 1. The summed E-state index contributed by atoms with van der Waals surface area (Å²) in [5, 5.41) is 8.38. The minimum absolute atomic E-state index is 0.176. The van der Waals surface area contributed by atoms with Gasteiger partial charge < -0.3 is 0 Å². The van der Waals surface area contributed by atoms with Crippen LogP contribution >= 0.6 is 11.6 Å². The Labute approximate surface area is 111 Å². The molecule has 0 aliphatic carbocycles. The molecule has 4 nitrogen and oxygen atoms in total. The van der Waals surface area contributed by atoms with Crippen LogP contribution in [-0.4, -0.2) is 10.2 Å². The molecule has 11 heteroatoms. The molecule has 0 aromatic heterocycles. The van der Waals surface area contributed by atoms with Crippen LogP contribution in [0.3, 0.4) is 0 Å². The van der Waals surface area contributed by atoms with Crippen molar-refractivity contribution in [3.8, 4) is 0 Å². The number of carbonyl (C=O) groups is 1. The lowest BCUT2D eigenvalue weighted by atomic mass is 9.99. The van der Waals surface area contributed by atoms with Crippen LogP contribution in [0, 0.1) is 10.1 Å². The Hall–Kier alpha value is -1.84. The van der Waals surface area contributed by atoms with E-state index in [4.69, 9.17) is 11.6 Å². The maximum absolute atomic E-state index is 12.6. The summed E-state index contributed by atoms with van der Waals surface area (Å²) in [4.78, 5) is 19.8. The molecular formula is C9H2ClF6NO3. The fourth-order valence-electron chi connectivity index (χ4n) is 1.39. The number of nitro benzene ring substituents is 1. The Morgan fingerprint density at radius 1 is 1.05 bits per heavy atom. The highest BCUT2D eigenvalue weighted by Gasteiger charge is 2.44. The summed E-state index contributed by atoms with van der Waals surface area (Å²) in [6.45, 7) is 0. The number of halogens is 7. The Balaban J connectivity index is 3.86. The molecule has 0 aliphatic rings. The van der Waals surface area contributed by atoms with Gasteiger partial charge in [-0.1, -0.05) is 0 Å². The SMILES string of the molecule is O=C(Cl)c1c(C(F)(F)F)cc([N+](=O)[O-])cc1C(F)(F)F. The fraction of sp³-hybridized carbons (Fsp3) is 0.222. The number of alkyl halides is 6. The highest BCUT2D eigenvalue weighted by atomic mass is 35.5. The largest absolute Gasteiger partial charge is 0.417 e. The van der Waals surface area contributed by atoms with Gasteiger partial charge in [0.25, 0.3) is 10.9 Å². The van der Waals surface area contributed by atoms with E-state index in [-0.39, 0.29) is 12.1 Å². The molecule has 110 valence electrons. The number of hydrogen-bond acceptors (Lipinski definition) is 3. The highest BCUT2D eigenvalue weighted by molar-refractivity contribution is 6.68. The predicted molar refractivity (Wildman–Crippen MR) is 53.3 cm³/mol. The second-order valence-corrected chi connectivity index (χ2v) is 3.79. The Bertz CT molecular complexity index is 545. The summed E-state index contributed by atoms with van der Waals surface area (Å²) in [7, 11) is 0. The molecule has 1 aromatic rings. The zero-order valence-corrected chi connectivity index (χ0v) is 9.73. The topological polar surface area (TPSA) is 60.2 Å². The summed E-state index contributed by atoms with van der Waals surface area (Å²) in [5.74, 6) is 0. The van der Waals surface area contributed by atoms with E-state index in [0.29, 0.717) is 0 Å². The van der Waals surface area contributed by atoms with E-state index in [1.54, 1.807) is 0 Å². The fourth-order valence-corrected chi connectivity index (χ4v) is 1.59. The van der Waals surface area contributed by atoms with Crippen LogP contribution in [0.25, 0.3) is 0 Å². The summed E-state index contributed by atoms with van der Waals surface area (Å²) in [6, 6.07) is -0.351. The van der Waals surface area contributed by atoms with Gasteiger partial charge in [0.15, 0.2) is 0 Å². The molecule has 1 aromatic carbocycles. The zero-order chi connectivity index (χ0) is 15.9. The molecule has 0 saturated heterocycles. The second kappa shape index (κ2) is 4.93. The molecule has 0 atom stereocenters. The van der Waals surface area contributed by atoms with Crippen molar-refractivity contribution < 1.29 is 36.1 Å². The van der Waals surface area contributed by atoms with Crippen LogP contribution in [0.2, 0.25) is 0 Å². The smallest absolute Gasteiger partial charge is 0.276 e. The van der Waals surface area contributed by atoms with Gasteiger partial charge in [-0.25, -0.2) is 0 Å². The lowest BCUT2D eigenvalue weighted by Gasteiger charge is -2.16. The number of benzene rings is 1. The van der Waals surface area contributed by atoms with E-state index < -0.39 is 44.9 Å². The minimum atomic E-state index is -5.41. The van der Waals surface area contributed by atoms with Crippen molar-refractivity contribution in [1.82, 2.24) is 0 Å². The molecular weight excluding hydrogens is 320 g/mol. The number of rotatable bonds is 2. The van der Waals surface area contributed by atoms with Gasteiger partial charge in [0, 0.05) is 12.1 Å². The van der Waals surface area contributed by atoms with E-state index in [1.807, 2.05) is 0 Å². The number of nitrogens with zero attached hydrogens (tertiary/aromatic N) is 1. The average Bonchev–Trinajstić information content (AvgIpc) is 2.24. The molecule has 0 radical (unpaired) electrons. The first kappa shape index (κ1) is 16.2. The molecule has 1 rings (SSSR count). The van der Waals surface area contributed by atoms with Gasteiger partial charge in [-0.05, 0) is 11.6 Å². The van der Waals surface area contributed by atoms with Crippen molar-refractivity contribution in [1.29, 1.82) is 0 Å². The quantitative estimate of drug-likeness (QED) is 0.358. The maximum Gasteiger partial charge on any atom is 0.417 e. The van der Waals surface area contributed by atoms with Crippen LogP contribution in [0.5, 0.6) is 0 Å². The van der Waals surface area contributed by atoms with Gasteiger partial charge in [-0.2, -0.15) is 26.3 Å². The molecule has 0 unspecified atom stereocenters. The minimum Gasteiger partial charge on any atom is -0.276 e. The Morgan fingerprint density at radius 3 is 1.60 bits per heavy atom. The van der Waals surface area contributed by atoms with Gasteiger partial charge in [0.05, 0.1) is 21.6 Å². The molecule has 0 saturated carbocycles. The summed E-state index contributed by atoms with van der Waals surface area (Å²) >= 11 is 4.75. The lowest BCUT2D eigenvalue weighted by Crippen LogP contribution is -2.19. The molecule has 0 spiro atoms. The van der Waals surface area contributed by atoms with Crippen LogP contribution in [0.1, 0.15) is 21.5 Å². The van der Waals surface area contributed by atoms with Crippen LogP contribution in [0.4, 0.5) is 32.0 Å². The Kier molecular flexibility index (Phi) is 3.99. The molecule has 0 heterocycles. The van der Waals surface area contributed by atoms with Crippen LogP contribution in [-0.2, 0) is 12.4 Å². The molecule has 20 heavy (non-hydrogen) atoms. The van der Waals surface area contributed by atoms with Gasteiger partial charge >= 0.3 is 12.4 Å². The van der Waals surface area contributed by atoms with Crippen molar-refractivity contribution in [2.24, 2.45) is 0 Å². The second-order valence-electron chi connectivity index (χ2n) is 3.44. The van der Waals surface area contributed by atoms with E-state index in [9.17, 15) is 41.3 Å². The van der Waals surface area contributed by atoms with Crippen molar-refractivity contribution in [3.05, 3.63) is 38.9 Å². The third-order valence-corrected chi connectivity index (χ3v) is 2.33. The number of non-ortho nitro benzene ring substituents is 1. The van der Waals surface area contributed by atoms with Crippen molar-refractivity contribution in [2.75, 3.05) is 0 Å². The third kappa shape index (κ3) is 3.18. The van der Waals surface area contributed by atoms with Crippen LogP contribution < -0.4 is 0 Å². The van der Waals surface area contributed by atoms with Crippen molar-refractivity contribution >= 4 is 22.5 Å². The lowest BCUT2D eigenvalue weighted by molar-refractivity contribution is -0.385. The van der Waals surface area contributed by atoms with Gasteiger partial charge in [0.2, 0.25) is 0 Å². The maximum atomic E-state index is 12.6. The number of hydrogen-bond donors (Lipinski definition) is 0. The summed E-state index contributed by atoms with van der Waals surface area (Å²) in [6.07, 6.45) is -10.8. The summed E-state index contributed by atoms with van der Waals surface area (Å²) in [5.41, 5.74) is -7.54. The normalized spacial score (nSPS) is 12.3. The van der Waals surface area contributed by atoms with Gasteiger partial charge in [-0.15, -0.1) is 0 Å². The third-order valence-electron chi connectivity index (χ3n) is 2.14. The molecule has 0 aliphatic heterocycles. The zero-order valence-electron chi connectivity index (χ0n) is 8.97. The molecule has 0 amide bonds. The first-order valence-corrected chi connectivity index (χ1v) is 4.90. The standard InChI is InChI=1S/C9H2ClF6NO3/c10-7(18)6-4(8(11,12)13)1-3(17(19)20)2-5(6)9(14,15)16/h1-2H. The van der Waals surface area contributed by atoms with E-state index in [1.165, 1.54) is 0 Å². The van der Waals surface area contributed by atoms with Gasteiger partial charge in [-0.3, -0.25) is 14.9 Å². The van der Waals surface area contributed by atoms with E-state index in [2.05, 4.69) is 0 Å². The monoisotopic (exact) mass is 321 g/mol. The first-order chi connectivity index (χ1) is 8.85. The van der Waals surface area contributed by atoms with Crippen molar-refractivity contribution in [2.45, 2.75) is 12.4 Å². The van der Waals surface area contributed by atoms with Gasteiger partial charge in [0.1, 0.15) is 0 Å². The molecule has 0 fully saturated rings. The highest BCUT2D eigenvalue weighted by Crippen LogP contribution is 2.42. The number of carbonyl (C=O) groups excluding carboxylic acids is 1. The van der Waals surface area contributed by atoms with E-state index in [0.717, 1.165) is 0 Å². The summed E-state index contributed by atoms with van der Waals surface area (Å²) < 4.78 is 75.7. The first-order valence-electron chi connectivity index (χ1n) is 4.52.